The van der Waals surface area contributed by atoms with E-state index in [4.69, 9.17) is 11.0 Å². The monoisotopic (exact) mass is 217 g/mol. The maximum absolute atomic E-state index is 9.10. The van der Waals surface area contributed by atoms with Crippen molar-refractivity contribution < 1.29 is 0 Å². The van der Waals surface area contributed by atoms with E-state index in [0.717, 1.165) is 31.6 Å². The molecule has 0 aliphatic rings. The number of nitrogens with zero attached hydrogens (tertiary/aromatic N) is 2. The molecule has 0 saturated carbocycles. The van der Waals surface area contributed by atoms with Crippen LogP contribution in [-0.4, -0.2) is 13.1 Å². The minimum absolute atomic E-state index is 0.647. The molecule has 3 heteroatoms. The van der Waals surface area contributed by atoms with Gasteiger partial charge in [-0.3, -0.25) is 0 Å². The zero-order valence-corrected chi connectivity index (χ0v) is 10.0. The average Bonchev–Trinajstić information content (AvgIpc) is 2.28. The molecular weight excluding hydrogens is 198 g/mol. The third-order valence-electron chi connectivity index (χ3n) is 2.47. The highest BCUT2D eigenvalue weighted by atomic mass is 15.1. The first-order valence-corrected chi connectivity index (χ1v) is 5.77. The molecule has 0 bridgehead atoms. The second kappa shape index (κ2) is 6.02. The van der Waals surface area contributed by atoms with Crippen molar-refractivity contribution >= 4 is 11.4 Å². The van der Waals surface area contributed by atoms with E-state index in [2.05, 4.69) is 24.8 Å². The highest BCUT2D eigenvalue weighted by Gasteiger charge is 2.09. The van der Waals surface area contributed by atoms with Crippen LogP contribution in [-0.2, 0) is 0 Å². The Bertz CT molecular complexity index is 373. The van der Waals surface area contributed by atoms with Crippen molar-refractivity contribution in [2.75, 3.05) is 23.7 Å². The van der Waals surface area contributed by atoms with Crippen molar-refractivity contribution in [1.29, 1.82) is 5.26 Å². The van der Waals surface area contributed by atoms with Crippen LogP contribution >= 0.6 is 0 Å². The summed E-state index contributed by atoms with van der Waals surface area (Å²) in [6, 6.07) is 7.76. The largest absolute Gasteiger partial charge is 0.399 e. The van der Waals surface area contributed by atoms with Crippen LogP contribution in [0.1, 0.15) is 32.3 Å². The SMILES string of the molecule is CCCN(CCC)c1ccc(N)cc1C#N. The van der Waals surface area contributed by atoms with Crippen molar-refractivity contribution in [3.63, 3.8) is 0 Å². The lowest BCUT2D eigenvalue weighted by atomic mass is 10.1. The number of benzene rings is 1. The molecule has 1 aromatic carbocycles. The Morgan fingerprint density at radius 3 is 2.38 bits per heavy atom. The van der Waals surface area contributed by atoms with Crippen LogP contribution < -0.4 is 10.6 Å². The molecule has 0 aromatic heterocycles. The fraction of sp³-hybridized carbons (Fsp3) is 0.462. The lowest BCUT2D eigenvalue weighted by molar-refractivity contribution is 0.744. The molecule has 1 aromatic rings. The van der Waals surface area contributed by atoms with Crippen LogP contribution in [0.5, 0.6) is 0 Å². The van der Waals surface area contributed by atoms with Gasteiger partial charge in [-0.05, 0) is 31.0 Å². The zero-order chi connectivity index (χ0) is 12.0. The zero-order valence-electron chi connectivity index (χ0n) is 10.0. The minimum Gasteiger partial charge on any atom is -0.399 e. The summed E-state index contributed by atoms with van der Waals surface area (Å²) in [6.45, 7) is 6.25. The fourth-order valence-corrected chi connectivity index (χ4v) is 1.81. The van der Waals surface area contributed by atoms with Crippen molar-refractivity contribution in [2.24, 2.45) is 0 Å². The number of nitrogen functional groups attached to an aromatic ring is 1. The first-order chi connectivity index (χ1) is 7.72. The molecular formula is C13H19N3. The van der Waals surface area contributed by atoms with Gasteiger partial charge in [0.15, 0.2) is 0 Å². The summed E-state index contributed by atoms with van der Waals surface area (Å²) in [5.41, 5.74) is 8.00. The first-order valence-electron chi connectivity index (χ1n) is 5.77. The summed E-state index contributed by atoms with van der Waals surface area (Å²) in [4.78, 5) is 2.25. The Morgan fingerprint density at radius 2 is 1.88 bits per heavy atom. The molecule has 0 amide bonds. The third kappa shape index (κ3) is 2.90. The van der Waals surface area contributed by atoms with Crippen LogP contribution in [0.4, 0.5) is 11.4 Å². The van der Waals surface area contributed by atoms with Crippen LogP contribution in [0.3, 0.4) is 0 Å². The quantitative estimate of drug-likeness (QED) is 0.771. The normalized spacial score (nSPS) is 9.81. The third-order valence-corrected chi connectivity index (χ3v) is 2.47. The van der Waals surface area contributed by atoms with Crippen LogP contribution in [0, 0.1) is 11.3 Å². The summed E-state index contributed by atoms with van der Waals surface area (Å²) >= 11 is 0. The Morgan fingerprint density at radius 1 is 1.25 bits per heavy atom. The lowest BCUT2D eigenvalue weighted by Crippen LogP contribution is -2.25. The standard InChI is InChI=1S/C13H19N3/c1-3-7-16(8-4-2)13-6-5-12(15)9-11(13)10-14/h5-6,9H,3-4,7-8,15H2,1-2H3. The Kier molecular flexibility index (Phi) is 4.65. The fourth-order valence-electron chi connectivity index (χ4n) is 1.81. The van der Waals surface area contributed by atoms with Gasteiger partial charge < -0.3 is 10.6 Å². The Hall–Kier alpha value is -1.69. The van der Waals surface area contributed by atoms with Gasteiger partial charge in [0.05, 0.1) is 11.3 Å². The maximum Gasteiger partial charge on any atom is 0.101 e. The molecule has 0 aliphatic heterocycles. The number of rotatable bonds is 5. The van der Waals surface area contributed by atoms with Gasteiger partial charge in [0.2, 0.25) is 0 Å². The van der Waals surface area contributed by atoms with E-state index in [1.54, 1.807) is 6.07 Å². The Balaban J connectivity index is 3.03. The highest BCUT2D eigenvalue weighted by Crippen LogP contribution is 2.22. The van der Waals surface area contributed by atoms with Gasteiger partial charge in [0, 0.05) is 18.8 Å². The van der Waals surface area contributed by atoms with Crippen molar-refractivity contribution in [3.05, 3.63) is 23.8 Å². The highest BCUT2D eigenvalue weighted by molar-refractivity contribution is 5.64. The molecule has 0 spiro atoms. The molecule has 0 radical (unpaired) electrons. The van der Waals surface area contributed by atoms with Gasteiger partial charge in [-0.25, -0.2) is 0 Å². The van der Waals surface area contributed by atoms with E-state index in [0.29, 0.717) is 11.3 Å². The summed E-state index contributed by atoms with van der Waals surface area (Å²) < 4.78 is 0. The minimum atomic E-state index is 0.647. The average molecular weight is 217 g/mol. The van der Waals surface area contributed by atoms with Gasteiger partial charge in [-0.1, -0.05) is 13.8 Å². The topological polar surface area (TPSA) is 53.0 Å². The Labute approximate surface area is 97.5 Å². The van der Waals surface area contributed by atoms with E-state index in [9.17, 15) is 0 Å². The predicted molar refractivity (Wildman–Crippen MR) is 68.4 cm³/mol. The smallest absolute Gasteiger partial charge is 0.101 e. The second-order valence-corrected chi connectivity index (χ2v) is 3.88. The molecule has 0 aliphatic carbocycles. The molecule has 0 fully saturated rings. The molecule has 1 rings (SSSR count). The van der Waals surface area contributed by atoms with Crippen LogP contribution in [0.15, 0.2) is 18.2 Å². The second-order valence-electron chi connectivity index (χ2n) is 3.88. The van der Waals surface area contributed by atoms with E-state index in [1.165, 1.54) is 0 Å². The van der Waals surface area contributed by atoms with Crippen molar-refractivity contribution in [2.45, 2.75) is 26.7 Å². The maximum atomic E-state index is 9.10. The summed E-state index contributed by atoms with van der Waals surface area (Å²) in [7, 11) is 0. The predicted octanol–water partition coefficient (Wildman–Crippen LogP) is 2.77. The molecule has 3 nitrogen and oxygen atoms in total. The summed E-state index contributed by atoms with van der Waals surface area (Å²) in [5.74, 6) is 0. The summed E-state index contributed by atoms with van der Waals surface area (Å²) in [5, 5.41) is 9.10. The van der Waals surface area contributed by atoms with E-state index in [1.807, 2.05) is 12.1 Å². The van der Waals surface area contributed by atoms with Crippen LogP contribution in [0.2, 0.25) is 0 Å². The van der Waals surface area contributed by atoms with Crippen molar-refractivity contribution in [1.82, 2.24) is 0 Å². The lowest BCUT2D eigenvalue weighted by Gasteiger charge is -2.24. The first kappa shape index (κ1) is 12.4. The van der Waals surface area contributed by atoms with E-state index in [-0.39, 0.29) is 0 Å². The number of hydrogen-bond donors (Lipinski definition) is 1. The molecule has 86 valence electrons. The van der Waals surface area contributed by atoms with E-state index < -0.39 is 0 Å². The number of nitriles is 1. The number of hydrogen-bond acceptors (Lipinski definition) is 3. The van der Waals surface area contributed by atoms with Crippen molar-refractivity contribution in [3.8, 4) is 6.07 Å². The molecule has 0 heterocycles. The molecule has 0 atom stereocenters. The summed E-state index contributed by atoms with van der Waals surface area (Å²) in [6.07, 6.45) is 2.16. The molecule has 0 saturated heterocycles. The van der Waals surface area contributed by atoms with Gasteiger partial charge in [-0.15, -0.1) is 0 Å². The molecule has 0 unspecified atom stereocenters. The molecule has 2 N–H and O–H groups in total. The van der Waals surface area contributed by atoms with Gasteiger partial charge >= 0.3 is 0 Å². The number of nitrogens with two attached hydrogens (primary N) is 1. The van der Waals surface area contributed by atoms with Crippen LogP contribution in [0.25, 0.3) is 0 Å². The molecule has 16 heavy (non-hydrogen) atoms. The number of anilines is 2. The van der Waals surface area contributed by atoms with Gasteiger partial charge in [0.25, 0.3) is 0 Å². The van der Waals surface area contributed by atoms with Gasteiger partial charge in [-0.2, -0.15) is 5.26 Å². The van der Waals surface area contributed by atoms with E-state index >= 15 is 0 Å². The van der Waals surface area contributed by atoms with Gasteiger partial charge in [0.1, 0.15) is 6.07 Å².